The zero-order valence-electron chi connectivity index (χ0n) is 22.6. The number of nitrogens with zero attached hydrogens (tertiary/aromatic N) is 1. The molecule has 11 nitrogen and oxygen atoms in total. The Morgan fingerprint density at radius 1 is 1.17 bits per heavy atom. The van der Waals surface area contributed by atoms with Crippen LogP contribution in [0.15, 0.2) is 54.3 Å². The van der Waals surface area contributed by atoms with Gasteiger partial charge in [-0.15, -0.1) is 0 Å². The van der Waals surface area contributed by atoms with Crippen LogP contribution in [0.25, 0.3) is 0 Å². The van der Waals surface area contributed by atoms with Crippen molar-refractivity contribution in [3.05, 3.63) is 71.0 Å². The van der Waals surface area contributed by atoms with Gasteiger partial charge in [-0.1, -0.05) is 36.4 Å². The number of hydrogen-bond acceptors (Lipinski definition) is 10. The van der Waals surface area contributed by atoms with Gasteiger partial charge in [-0.3, -0.25) is 4.79 Å². The summed E-state index contributed by atoms with van der Waals surface area (Å²) in [6.45, 7) is 0.685. The van der Waals surface area contributed by atoms with Crippen LogP contribution >= 0.6 is 0 Å². The van der Waals surface area contributed by atoms with Crippen molar-refractivity contribution in [1.82, 2.24) is 4.90 Å². The lowest BCUT2D eigenvalue weighted by Gasteiger charge is -2.61. The standard InChI is InChI=1S/C30H31NO10/c1-31-13-12-29-23-17-8-9-19(38-2)25(23)41-26(29)20(10-11-30(29,37)21(31)14-17)39-28(36)18(32)15-22(33)40-24(27(34)35)16-6-4-3-5-7-16/h3-10,18,21,24,26,32,37H,11-15H2,1-2H3,(H,34,35)/t18?,21-,24+,26+,29+,30-/m1/s1. The van der Waals surface area contributed by atoms with Gasteiger partial charge in [0.2, 0.25) is 6.10 Å². The summed E-state index contributed by atoms with van der Waals surface area (Å²) in [4.78, 5) is 39.3. The van der Waals surface area contributed by atoms with Crippen molar-refractivity contribution in [2.24, 2.45) is 0 Å². The third kappa shape index (κ3) is 4.02. The van der Waals surface area contributed by atoms with Crippen LogP contribution in [0.4, 0.5) is 0 Å². The first kappa shape index (κ1) is 27.3. The Balaban J connectivity index is 1.23. The van der Waals surface area contributed by atoms with E-state index < -0.39 is 53.7 Å². The number of piperidine rings is 1. The SMILES string of the molecule is COc1ccc2c3c1O[C@H]1C(OC(=O)C(O)CC(=O)O[C@H](C(=O)O)c4ccccc4)=CC[C@@]4(O)[C@@H](C2)N(C)CC[C@]314. The quantitative estimate of drug-likeness (QED) is 0.401. The first-order chi connectivity index (χ1) is 19.6. The van der Waals surface area contributed by atoms with Gasteiger partial charge in [-0.05, 0) is 44.1 Å². The fourth-order valence-electron chi connectivity index (χ4n) is 7.08. The molecule has 0 radical (unpaired) electrons. The molecule has 2 aliphatic carbocycles. The van der Waals surface area contributed by atoms with Crippen LogP contribution < -0.4 is 9.47 Å². The average Bonchev–Trinajstić information content (AvgIpc) is 3.31. The highest BCUT2D eigenvalue weighted by atomic mass is 16.6. The maximum atomic E-state index is 13.0. The molecule has 2 aromatic carbocycles. The number of carbonyl (C=O) groups is 3. The van der Waals surface area contributed by atoms with E-state index in [1.54, 1.807) is 24.3 Å². The largest absolute Gasteiger partial charge is 0.493 e. The van der Waals surface area contributed by atoms with E-state index >= 15 is 0 Å². The van der Waals surface area contributed by atoms with E-state index in [-0.39, 0.29) is 23.8 Å². The van der Waals surface area contributed by atoms with Crippen molar-refractivity contribution in [3.63, 3.8) is 0 Å². The van der Waals surface area contributed by atoms with E-state index in [1.165, 1.54) is 19.2 Å². The zero-order chi connectivity index (χ0) is 29.1. The minimum atomic E-state index is -1.92. The number of likely N-dealkylation sites (tertiary alicyclic amines) is 1. The van der Waals surface area contributed by atoms with Crippen molar-refractivity contribution in [2.75, 3.05) is 20.7 Å². The molecule has 3 N–H and O–H groups in total. The highest BCUT2D eigenvalue weighted by Crippen LogP contribution is 2.65. The van der Waals surface area contributed by atoms with E-state index in [1.807, 2.05) is 19.2 Å². The van der Waals surface area contributed by atoms with Crippen LogP contribution in [-0.4, -0.2) is 82.7 Å². The summed E-state index contributed by atoms with van der Waals surface area (Å²) in [7, 11) is 3.52. The van der Waals surface area contributed by atoms with Gasteiger partial charge in [0.1, 0.15) is 5.76 Å². The molecular weight excluding hydrogens is 534 g/mol. The second-order valence-corrected chi connectivity index (χ2v) is 11.0. The Labute approximate surface area is 235 Å². The molecule has 4 aliphatic rings. The number of methoxy groups -OCH3 is 1. The highest BCUT2D eigenvalue weighted by molar-refractivity contribution is 5.84. The minimum absolute atomic E-state index is 0.134. The van der Waals surface area contributed by atoms with Crippen molar-refractivity contribution < 1.29 is 48.7 Å². The monoisotopic (exact) mass is 565 g/mol. The fraction of sp³-hybridized carbons (Fsp3) is 0.433. The molecule has 1 saturated heterocycles. The molecule has 1 unspecified atom stereocenters. The number of carboxylic acid groups (broad SMARTS) is 1. The third-order valence-electron chi connectivity index (χ3n) is 8.98. The molecule has 216 valence electrons. The number of aliphatic hydroxyl groups excluding tert-OH is 1. The van der Waals surface area contributed by atoms with Gasteiger partial charge in [0.05, 0.1) is 24.5 Å². The van der Waals surface area contributed by atoms with Crippen molar-refractivity contribution in [2.45, 2.75) is 61.1 Å². The Hall–Kier alpha value is -3.93. The highest BCUT2D eigenvalue weighted by Gasteiger charge is 2.72. The maximum absolute atomic E-state index is 13.0. The van der Waals surface area contributed by atoms with Gasteiger partial charge in [0, 0.05) is 23.6 Å². The lowest BCUT2D eigenvalue weighted by molar-refractivity contribution is -0.174. The van der Waals surface area contributed by atoms with E-state index in [0.717, 1.165) is 11.1 Å². The average molecular weight is 566 g/mol. The van der Waals surface area contributed by atoms with Gasteiger partial charge in [-0.25, -0.2) is 9.59 Å². The van der Waals surface area contributed by atoms with Crippen LogP contribution in [0.2, 0.25) is 0 Å². The summed E-state index contributed by atoms with van der Waals surface area (Å²) in [5.74, 6) is -2.45. The summed E-state index contributed by atoms with van der Waals surface area (Å²) >= 11 is 0. The first-order valence-electron chi connectivity index (χ1n) is 13.5. The molecule has 2 bridgehead atoms. The number of hydrogen-bond donors (Lipinski definition) is 3. The van der Waals surface area contributed by atoms with E-state index in [4.69, 9.17) is 18.9 Å². The van der Waals surface area contributed by atoms with Crippen LogP contribution in [-0.2, 0) is 35.7 Å². The molecular formula is C30H31NO10. The predicted molar refractivity (Wildman–Crippen MR) is 141 cm³/mol. The summed E-state index contributed by atoms with van der Waals surface area (Å²) < 4.78 is 22.7. The molecule has 6 rings (SSSR count). The topological polar surface area (TPSA) is 152 Å². The van der Waals surface area contributed by atoms with Crippen molar-refractivity contribution >= 4 is 17.9 Å². The van der Waals surface area contributed by atoms with Crippen LogP contribution in [0, 0.1) is 0 Å². The summed E-state index contributed by atoms with van der Waals surface area (Å²) in [6.07, 6.45) is -2.22. The minimum Gasteiger partial charge on any atom is -0.493 e. The molecule has 2 aromatic rings. The van der Waals surface area contributed by atoms with Crippen LogP contribution in [0.5, 0.6) is 11.5 Å². The molecule has 0 saturated carbocycles. The number of esters is 2. The van der Waals surface area contributed by atoms with E-state index in [2.05, 4.69) is 4.90 Å². The van der Waals surface area contributed by atoms with Crippen LogP contribution in [0.3, 0.4) is 0 Å². The molecule has 0 amide bonds. The van der Waals surface area contributed by atoms with Crippen molar-refractivity contribution in [1.29, 1.82) is 0 Å². The number of ether oxygens (including phenoxy) is 4. The molecule has 1 fully saturated rings. The normalized spacial score (nSPS) is 28.8. The molecule has 2 aliphatic heterocycles. The second-order valence-electron chi connectivity index (χ2n) is 11.0. The molecule has 2 heterocycles. The predicted octanol–water partition coefficient (Wildman–Crippen LogP) is 1.64. The Kier molecular flexibility index (Phi) is 6.55. The van der Waals surface area contributed by atoms with Gasteiger partial charge in [0.15, 0.2) is 23.7 Å². The smallest absolute Gasteiger partial charge is 0.349 e. The van der Waals surface area contributed by atoms with Crippen molar-refractivity contribution in [3.8, 4) is 11.5 Å². The Morgan fingerprint density at radius 3 is 2.63 bits per heavy atom. The van der Waals surface area contributed by atoms with Gasteiger partial charge in [0.25, 0.3) is 0 Å². The van der Waals surface area contributed by atoms with Gasteiger partial charge in [-0.2, -0.15) is 0 Å². The molecule has 0 aromatic heterocycles. The summed E-state index contributed by atoms with van der Waals surface area (Å²) in [5.41, 5.74) is 0.0320. The van der Waals surface area contributed by atoms with Gasteiger partial charge < -0.3 is 39.2 Å². The lowest BCUT2D eigenvalue weighted by atomic mass is 9.50. The van der Waals surface area contributed by atoms with Gasteiger partial charge >= 0.3 is 17.9 Å². The van der Waals surface area contributed by atoms with Crippen LogP contribution in [0.1, 0.15) is 42.1 Å². The number of aliphatic carboxylic acids is 1. The third-order valence-corrected chi connectivity index (χ3v) is 8.98. The number of likely N-dealkylation sites (N-methyl/N-ethyl adjacent to an activating group) is 1. The second kappa shape index (κ2) is 9.86. The Morgan fingerprint density at radius 2 is 1.93 bits per heavy atom. The van der Waals surface area contributed by atoms with E-state index in [0.29, 0.717) is 30.9 Å². The lowest BCUT2D eigenvalue weighted by Crippen LogP contribution is -2.74. The molecule has 41 heavy (non-hydrogen) atoms. The zero-order valence-corrected chi connectivity index (χ0v) is 22.6. The summed E-state index contributed by atoms with van der Waals surface area (Å²) in [6, 6.07) is 11.5. The Bertz CT molecular complexity index is 1440. The summed E-state index contributed by atoms with van der Waals surface area (Å²) in [5, 5.41) is 32.3. The van der Waals surface area contributed by atoms with E-state index in [9.17, 15) is 29.7 Å². The fourth-order valence-corrected chi connectivity index (χ4v) is 7.08. The number of benzene rings is 2. The number of carboxylic acids is 1. The molecule has 6 atom stereocenters. The number of rotatable bonds is 8. The maximum Gasteiger partial charge on any atom is 0.349 e. The number of carbonyl (C=O) groups excluding carboxylic acids is 2. The molecule has 1 spiro atoms. The molecule has 11 heteroatoms. The number of aliphatic hydroxyl groups is 2. The first-order valence-corrected chi connectivity index (χ1v) is 13.5.